The first-order valence-electron chi connectivity index (χ1n) is 6.14. The molecule has 1 rings (SSSR count). The number of nitrogens with one attached hydrogen (secondary N) is 1. The van der Waals surface area contributed by atoms with Crippen molar-refractivity contribution in [2.75, 3.05) is 6.61 Å². The van der Waals surface area contributed by atoms with Gasteiger partial charge in [-0.05, 0) is 31.0 Å². The third-order valence-corrected chi connectivity index (χ3v) is 2.47. The predicted octanol–water partition coefficient (Wildman–Crippen LogP) is 2.98. The Morgan fingerprint density at radius 2 is 2.06 bits per heavy atom. The topological polar surface area (TPSA) is 21.3 Å². The average molecular weight is 231 g/mol. The van der Waals surface area contributed by atoms with Crippen LogP contribution in [0.15, 0.2) is 24.3 Å². The van der Waals surface area contributed by atoms with Crippen LogP contribution in [0.5, 0.6) is 5.75 Å². The molecule has 1 aromatic carbocycles. The lowest BCUT2D eigenvalue weighted by Crippen LogP contribution is -2.24. The van der Waals surface area contributed by atoms with E-state index in [1.807, 2.05) is 12.1 Å². The molecule has 0 spiro atoms. The first-order chi connectivity index (χ1) is 8.26. The second-order valence-electron chi connectivity index (χ2n) is 4.18. The molecule has 0 aromatic heterocycles. The molecule has 0 radical (unpaired) electrons. The van der Waals surface area contributed by atoms with E-state index in [-0.39, 0.29) is 0 Å². The third-order valence-electron chi connectivity index (χ3n) is 2.47. The van der Waals surface area contributed by atoms with Crippen LogP contribution in [0.1, 0.15) is 32.3 Å². The van der Waals surface area contributed by atoms with E-state index in [9.17, 15) is 0 Å². The Bertz CT molecular complexity index is 350. The molecule has 0 aliphatic heterocycles. The highest BCUT2D eigenvalue weighted by molar-refractivity contribution is 5.27. The molecule has 17 heavy (non-hydrogen) atoms. The maximum atomic E-state index is 5.53. The highest BCUT2D eigenvalue weighted by atomic mass is 16.5. The van der Waals surface area contributed by atoms with Gasteiger partial charge in [-0.2, -0.15) is 0 Å². The maximum absolute atomic E-state index is 5.53. The molecule has 1 atom stereocenters. The normalized spacial score (nSPS) is 11.8. The van der Waals surface area contributed by atoms with Crippen molar-refractivity contribution in [3.8, 4) is 18.1 Å². The summed E-state index contributed by atoms with van der Waals surface area (Å²) < 4.78 is 5.53. The van der Waals surface area contributed by atoms with Crippen LogP contribution in [0.3, 0.4) is 0 Å². The summed E-state index contributed by atoms with van der Waals surface area (Å²) in [7, 11) is 0. The number of hydrogen-bond donors (Lipinski definition) is 1. The van der Waals surface area contributed by atoms with Gasteiger partial charge in [-0.3, -0.25) is 0 Å². The number of rotatable bonds is 7. The lowest BCUT2D eigenvalue weighted by molar-refractivity contribution is 0.317. The van der Waals surface area contributed by atoms with Gasteiger partial charge in [0.2, 0.25) is 0 Å². The minimum atomic E-state index is 0.357. The molecule has 0 bridgehead atoms. The van der Waals surface area contributed by atoms with Gasteiger partial charge in [-0.25, -0.2) is 0 Å². The molecule has 0 amide bonds. The fourth-order valence-corrected chi connectivity index (χ4v) is 1.46. The summed E-state index contributed by atoms with van der Waals surface area (Å²) in [5.41, 5.74) is 1.25. The molecule has 0 aliphatic carbocycles. The summed E-state index contributed by atoms with van der Waals surface area (Å²) in [5.74, 6) is 3.59. The van der Waals surface area contributed by atoms with Crippen LogP contribution < -0.4 is 10.1 Å². The Kier molecular flexibility index (Phi) is 6.21. The molecule has 1 aromatic rings. The molecular weight excluding hydrogens is 210 g/mol. The number of terminal acetylenes is 1. The minimum absolute atomic E-state index is 0.357. The Balaban J connectivity index is 2.37. The van der Waals surface area contributed by atoms with Crippen molar-refractivity contribution in [1.29, 1.82) is 0 Å². The van der Waals surface area contributed by atoms with Crippen molar-refractivity contribution in [2.24, 2.45) is 0 Å². The summed E-state index contributed by atoms with van der Waals surface area (Å²) in [4.78, 5) is 0. The van der Waals surface area contributed by atoms with Gasteiger partial charge in [0, 0.05) is 19.0 Å². The maximum Gasteiger partial charge on any atom is 0.119 e. The van der Waals surface area contributed by atoms with E-state index in [4.69, 9.17) is 11.2 Å². The summed E-state index contributed by atoms with van der Waals surface area (Å²) in [6, 6.07) is 8.55. The molecule has 2 nitrogen and oxygen atoms in total. The predicted molar refractivity (Wildman–Crippen MR) is 72.0 cm³/mol. The lowest BCUT2D eigenvalue weighted by atomic mass is 10.2. The number of benzene rings is 1. The second kappa shape index (κ2) is 7.76. The molecule has 0 saturated carbocycles. The Hall–Kier alpha value is -1.46. The first kappa shape index (κ1) is 13.6. The van der Waals surface area contributed by atoms with Crippen LogP contribution in [0.2, 0.25) is 0 Å². The zero-order valence-electron chi connectivity index (χ0n) is 10.7. The Labute approximate surface area is 104 Å². The van der Waals surface area contributed by atoms with Crippen LogP contribution in [-0.4, -0.2) is 12.6 Å². The van der Waals surface area contributed by atoms with Gasteiger partial charge in [-0.15, -0.1) is 12.3 Å². The molecule has 0 aliphatic rings. The van der Waals surface area contributed by atoms with Crippen LogP contribution in [0.4, 0.5) is 0 Å². The second-order valence-corrected chi connectivity index (χ2v) is 4.18. The van der Waals surface area contributed by atoms with Crippen molar-refractivity contribution >= 4 is 0 Å². The summed E-state index contributed by atoms with van der Waals surface area (Å²) in [6.45, 7) is 5.82. The van der Waals surface area contributed by atoms with Gasteiger partial charge in [0.25, 0.3) is 0 Å². The smallest absolute Gasteiger partial charge is 0.119 e. The SMILES string of the molecule is C#CCC(C)NCc1ccc(OCCC)cc1. The molecule has 0 saturated heterocycles. The highest BCUT2D eigenvalue weighted by Gasteiger charge is 1.99. The number of hydrogen-bond acceptors (Lipinski definition) is 2. The Morgan fingerprint density at radius 1 is 1.35 bits per heavy atom. The van der Waals surface area contributed by atoms with Crippen LogP contribution >= 0.6 is 0 Å². The van der Waals surface area contributed by atoms with Crippen molar-refractivity contribution in [3.63, 3.8) is 0 Å². The van der Waals surface area contributed by atoms with Crippen molar-refractivity contribution < 1.29 is 4.74 Å². The van der Waals surface area contributed by atoms with Gasteiger partial charge in [0.15, 0.2) is 0 Å². The van der Waals surface area contributed by atoms with Gasteiger partial charge in [0.1, 0.15) is 5.75 Å². The molecule has 0 fully saturated rings. The van der Waals surface area contributed by atoms with E-state index in [1.165, 1.54) is 5.56 Å². The van der Waals surface area contributed by atoms with Crippen LogP contribution in [-0.2, 0) is 6.54 Å². The van der Waals surface area contributed by atoms with Gasteiger partial charge >= 0.3 is 0 Å². The summed E-state index contributed by atoms with van der Waals surface area (Å²) in [6.07, 6.45) is 7.05. The fourth-order valence-electron chi connectivity index (χ4n) is 1.46. The van der Waals surface area contributed by atoms with Gasteiger partial charge in [-0.1, -0.05) is 19.1 Å². The van der Waals surface area contributed by atoms with Crippen LogP contribution in [0.25, 0.3) is 0 Å². The zero-order valence-corrected chi connectivity index (χ0v) is 10.7. The quantitative estimate of drug-likeness (QED) is 0.728. The molecule has 2 heteroatoms. The highest BCUT2D eigenvalue weighted by Crippen LogP contribution is 2.12. The van der Waals surface area contributed by atoms with E-state index in [2.05, 4.69) is 37.2 Å². The minimum Gasteiger partial charge on any atom is -0.494 e. The first-order valence-corrected chi connectivity index (χ1v) is 6.14. The fraction of sp³-hybridized carbons (Fsp3) is 0.467. The van der Waals surface area contributed by atoms with Crippen molar-refractivity contribution in [2.45, 2.75) is 39.3 Å². The molecule has 92 valence electrons. The van der Waals surface area contributed by atoms with Crippen molar-refractivity contribution in [3.05, 3.63) is 29.8 Å². The largest absolute Gasteiger partial charge is 0.494 e. The van der Waals surface area contributed by atoms with E-state index in [0.717, 1.165) is 31.7 Å². The number of ether oxygens (including phenoxy) is 1. The molecule has 1 unspecified atom stereocenters. The Morgan fingerprint density at radius 3 is 2.65 bits per heavy atom. The molecule has 1 N–H and O–H groups in total. The van der Waals surface area contributed by atoms with Crippen LogP contribution in [0, 0.1) is 12.3 Å². The standard InChI is InChI=1S/C15H21NO/c1-4-6-13(3)16-12-14-7-9-15(10-8-14)17-11-5-2/h1,7-10,13,16H,5-6,11-12H2,2-3H3. The summed E-state index contributed by atoms with van der Waals surface area (Å²) in [5, 5.41) is 3.38. The summed E-state index contributed by atoms with van der Waals surface area (Å²) >= 11 is 0. The third kappa shape index (κ3) is 5.42. The van der Waals surface area contributed by atoms with Gasteiger partial charge < -0.3 is 10.1 Å². The monoisotopic (exact) mass is 231 g/mol. The van der Waals surface area contributed by atoms with Gasteiger partial charge in [0.05, 0.1) is 6.61 Å². The van der Waals surface area contributed by atoms with E-state index >= 15 is 0 Å². The van der Waals surface area contributed by atoms with E-state index < -0.39 is 0 Å². The van der Waals surface area contributed by atoms with Crippen molar-refractivity contribution in [1.82, 2.24) is 5.32 Å². The molecular formula is C15H21NO. The van der Waals surface area contributed by atoms with E-state index in [0.29, 0.717) is 6.04 Å². The zero-order chi connectivity index (χ0) is 12.5. The average Bonchev–Trinajstić information content (AvgIpc) is 2.35. The molecule has 0 heterocycles. The van der Waals surface area contributed by atoms with E-state index in [1.54, 1.807) is 0 Å². The lowest BCUT2D eigenvalue weighted by Gasteiger charge is -2.11.